The average molecular weight is 236 g/mol. The summed E-state index contributed by atoms with van der Waals surface area (Å²) in [7, 11) is 1.61. The Morgan fingerprint density at radius 3 is 2.71 bits per heavy atom. The molecule has 0 spiro atoms. The molecule has 1 aromatic rings. The molecule has 17 heavy (non-hydrogen) atoms. The number of carboxylic acids is 1. The number of ether oxygens (including phenoxy) is 2. The highest BCUT2D eigenvalue weighted by Gasteiger charge is 2.32. The number of carboxylic acid groups (broad SMARTS) is 1. The number of rotatable bonds is 3. The van der Waals surface area contributed by atoms with Crippen molar-refractivity contribution in [3.05, 3.63) is 29.8 Å². The first-order chi connectivity index (χ1) is 8.22. The van der Waals surface area contributed by atoms with Crippen LogP contribution in [0.5, 0.6) is 5.75 Å². The number of aliphatic carboxylic acids is 1. The van der Waals surface area contributed by atoms with Gasteiger partial charge in [-0.15, -0.1) is 0 Å². The number of hydrogen-bond acceptors (Lipinski definition) is 3. The third-order valence-electron chi connectivity index (χ3n) is 3.22. The minimum atomic E-state index is -0.787. The molecule has 1 aliphatic heterocycles. The smallest absolute Gasteiger partial charge is 0.309 e. The number of hydrogen-bond donors (Lipinski definition) is 1. The van der Waals surface area contributed by atoms with E-state index in [0.29, 0.717) is 13.2 Å². The highest BCUT2D eigenvalue weighted by atomic mass is 16.5. The summed E-state index contributed by atoms with van der Waals surface area (Å²) in [6.07, 6.45) is 0.753. The van der Waals surface area contributed by atoms with Crippen LogP contribution >= 0.6 is 0 Å². The second kappa shape index (κ2) is 5.19. The zero-order chi connectivity index (χ0) is 12.3. The van der Waals surface area contributed by atoms with E-state index in [1.807, 2.05) is 24.3 Å². The van der Waals surface area contributed by atoms with Crippen LogP contribution in [0.3, 0.4) is 0 Å². The van der Waals surface area contributed by atoms with Crippen LogP contribution in [0.25, 0.3) is 0 Å². The van der Waals surface area contributed by atoms with E-state index >= 15 is 0 Å². The third kappa shape index (κ3) is 2.58. The summed E-state index contributed by atoms with van der Waals surface area (Å²) in [5, 5.41) is 9.17. The van der Waals surface area contributed by atoms with Crippen molar-refractivity contribution in [3.8, 4) is 5.75 Å². The first-order valence-corrected chi connectivity index (χ1v) is 5.67. The lowest BCUT2D eigenvalue weighted by atomic mass is 9.83. The Morgan fingerprint density at radius 2 is 2.12 bits per heavy atom. The van der Waals surface area contributed by atoms with Crippen LogP contribution in [0.2, 0.25) is 0 Å². The molecular formula is C13H16O4. The Bertz CT molecular complexity index is 385. The predicted octanol–water partition coefficient (Wildman–Crippen LogP) is 1.90. The quantitative estimate of drug-likeness (QED) is 0.870. The zero-order valence-corrected chi connectivity index (χ0v) is 9.76. The molecule has 0 saturated carbocycles. The summed E-state index contributed by atoms with van der Waals surface area (Å²) >= 11 is 0. The molecule has 1 saturated heterocycles. The third-order valence-corrected chi connectivity index (χ3v) is 3.22. The molecule has 2 rings (SSSR count). The summed E-state index contributed by atoms with van der Waals surface area (Å²) in [4.78, 5) is 11.2. The van der Waals surface area contributed by atoms with Crippen molar-refractivity contribution in [1.29, 1.82) is 0 Å². The van der Waals surface area contributed by atoms with E-state index in [2.05, 4.69) is 0 Å². The van der Waals surface area contributed by atoms with Crippen molar-refractivity contribution < 1.29 is 19.4 Å². The van der Waals surface area contributed by atoms with Crippen molar-refractivity contribution in [3.63, 3.8) is 0 Å². The van der Waals surface area contributed by atoms with Crippen molar-refractivity contribution in [1.82, 2.24) is 0 Å². The molecule has 0 bridgehead atoms. The standard InChI is InChI=1S/C13H16O4/c1-16-10-4-2-9(3-5-10)11-6-7-17-8-12(11)13(14)15/h2-5,11-12H,6-8H2,1H3,(H,14,15). The fraction of sp³-hybridized carbons (Fsp3) is 0.462. The maximum atomic E-state index is 11.2. The van der Waals surface area contributed by atoms with Gasteiger partial charge in [0.05, 0.1) is 19.6 Å². The maximum Gasteiger partial charge on any atom is 0.309 e. The maximum absolute atomic E-state index is 11.2. The van der Waals surface area contributed by atoms with E-state index in [1.165, 1.54) is 0 Å². The minimum absolute atomic E-state index is 0.0344. The van der Waals surface area contributed by atoms with E-state index in [1.54, 1.807) is 7.11 Å². The summed E-state index contributed by atoms with van der Waals surface area (Å²) in [5.41, 5.74) is 1.04. The van der Waals surface area contributed by atoms with Crippen molar-refractivity contribution in [2.45, 2.75) is 12.3 Å². The van der Waals surface area contributed by atoms with Gasteiger partial charge in [0.25, 0.3) is 0 Å². The van der Waals surface area contributed by atoms with Gasteiger partial charge in [0.15, 0.2) is 0 Å². The second-order valence-corrected chi connectivity index (χ2v) is 4.19. The Labute approximate surface area is 100 Å². The molecule has 2 atom stereocenters. The van der Waals surface area contributed by atoms with Gasteiger partial charge in [-0.1, -0.05) is 12.1 Å². The molecular weight excluding hydrogens is 220 g/mol. The first kappa shape index (κ1) is 11.9. The Hall–Kier alpha value is -1.55. The molecule has 1 aliphatic rings. The molecule has 92 valence electrons. The number of carbonyl (C=O) groups is 1. The highest BCUT2D eigenvalue weighted by Crippen LogP contribution is 2.32. The fourth-order valence-corrected chi connectivity index (χ4v) is 2.23. The summed E-state index contributed by atoms with van der Waals surface area (Å²) in [6.45, 7) is 0.923. The predicted molar refractivity (Wildman–Crippen MR) is 62.3 cm³/mol. The van der Waals surface area contributed by atoms with Gasteiger partial charge >= 0.3 is 5.97 Å². The Kier molecular flexibility index (Phi) is 3.64. The SMILES string of the molecule is COc1ccc(C2CCOCC2C(=O)O)cc1. The summed E-state index contributed by atoms with van der Waals surface area (Å²) in [6, 6.07) is 7.60. The van der Waals surface area contributed by atoms with Crippen LogP contribution in [-0.4, -0.2) is 31.4 Å². The second-order valence-electron chi connectivity index (χ2n) is 4.19. The number of methoxy groups -OCH3 is 1. The van der Waals surface area contributed by atoms with Crippen LogP contribution in [0.15, 0.2) is 24.3 Å². The van der Waals surface area contributed by atoms with E-state index in [-0.39, 0.29) is 5.92 Å². The molecule has 4 nitrogen and oxygen atoms in total. The molecule has 1 heterocycles. The average Bonchev–Trinajstić information content (AvgIpc) is 2.39. The summed E-state index contributed by atoms with van der Waals surface area (Å²) < 4.78 is 10.3. The van der Waals surface area contributed by atoms with Crippen LogP contribution in [0, 0.1) is 5.92 Å². The van der Waals surface area contributed by atoms with Crippen LogP contribution < -0.4 is 4.74 Å². The van der Waals surface area contributed by atoms with Gasteiger partial charge in [-0.3, -0.25) is 4.79 Å². The normalized spacial score (nSPS) is 24.3. The van der Waals surface area contributed by atoms with Crippen molar-refractivity contribution in [2.24, 2.45) is 5.92 Å². The lowest BCUT2D eigenvalue weighted by Gasteiger charge is -2.29. The molecule has 0 amide bonds. The number of benzene rings is 1. The van der Waals surface area contributed by atoms with Gasteiger partial charge < -0.3 is 14.6 Å². The van der Waals surface area contributed by atoms with Gasteiger partial charge in [0, 0.05) is 12.5 Å². The van der Waals surface area contributed by atoms with Crippen LogP contribution in [0.1, 0.15) is 17.9 Å². The van der Waals surface area contributed by atoms with Gasteiger partial charge in [-0.25, -0.2) is 0 Å². The van der Waals surface area contributed by atoms with Crippen LogP contribution in [0.4, 0.5) is 0 Å². The van der Waals surface area contributed by atoms with Gasteiger partial charge in [0.2, 0.25) is 0 Å². The monoisotopic (exact) mass is 236 g/mol. The van der Waals surface area contributed by atoms with Gasteiger partial charge in [-0.2, -0.15) is 0 Å². The lowest BCUT2D eigenvalue weighted by Crippen LogP contribution is -2.32. The molecule has 1 N–H and O–H groups in total. The Morgan fingerprint density at radius 1 is 1.41 bits per heavy atom. The highest BCUT2D eigenvalue weighted by molar-refractivity contribution is 5.71. The molecule has 1 fully saturated rings. The zero-order valence-electron chi connectivity index (χ0n) is 9.76. The van der Waals surface area contributed by atoms with E-state index in [0.717, 1.165) is 17.7 Å². The molecule has 0 aliphatic carbocycles. The van der Waals surface area contributed by atoms with E-state index in [4.69, 9.17) is 14.6 Å². The van der Waals surface area contributed by atoms with Crippen molar-refractivity contribution >= 4 is 5.97 Å². The first-order valence-electron chi connectivity index (χ1n) is 5.67. The van der Waals surface area contributed by atoms with E-state index in [9.17, 15) is 4.79 Å². The molecule has 0 aromatic heterocycles. The molecule has 2 unspecified atom stereocenters. The molecule has 0 radical (unpaired) electrons. The lowest BCUT2D eigenvalue weighted by molar-refractivity contribution is -0.147. The molecule has 1 aromatic carbocycles. The van der Waals surface area contributed by atoms with Gasteiger partial charge in [0.1, 0.15) is 5.75 Å². The fourth-order valence-electron chi connectivity index (χ4n) is 2.23. The van der Waals surface area contributed by atoms with E-state index < -0.39 is 11.9 Å². The van der Waals surface area contributed by atoms with Crippen molar-refractivity contribution in [2.75, 3.05) is 20.3 Å². The van der Waals surface area contributed by atoms with Gasteiger partial charge in [-0.05, 0) is 24.1 Å². The Balaban J connectivity index is 2.20. The minimum Gasteiger partial charge on any atom is -0.497 e. The topological polar surface area (TPSA) is 55.8 Å². The summed E-state index contributed by atoms with van der Waals surface area (Å²) in [5.74, 6) is -0.414. The largest absolute Gasteiger partial charge is 0.497 e. The molecule has 4 heteroatoms. The van der Waals surface area contributed by atoms with Crippen LogP contribution in [-0.2, 0) is 9.53 Å².